The van der Waals surface area contributed by atoms with Gasteiger partial charge < -0.3 is 10.3 Å². The van der Waals surface area contributed by atoms with Gasteiger partial charge in [0.1, 0.15) is 4.99 Å². The van der Waals surface area contributed by atoms with Crippen molar-refractivity contribution in [1.29, 1.82) is 0 Å². The summed E-state index contributed by atoms with van der Waals surface area (Å²) in [5.74, 6) is 0. The van der Waals surface area contributed by atoms with E-state index in [-0.39, 0.29) is 0 Å². The summed E-state index contributed by atoms with van der Waals surface area (Å²) in [6.07, 6.45) is 10.1. The molecule has 0 aliphatic carbocycles. The number of benzene rings is 1. The zero-order chi connectivity index (χ0) is 14.4. The number of unbranched alkanes of at least 4 members (excludes halogenated alkanes) is 5. The molecule has 0 saturated carbocycles. The van der Waals surface area contributed by atoms with Crippen molar-refractivity contribution in [3.05, 3.63) is 36.0 Å². The van der Waals surface area contributed by atoms with E-state index >= 15 is 0 Å². The molecule has 2 N–H and O–H groups in total. The topological polar surface area (TPSA) is 30.9 Å². The zero-order valence-electron chi connectivity index (χ0n) is 12.3. The van der Waals surface area contributed by atoms with E-state index in [1.54, 1.807) is 0 Å². The second-order valence-electron chi connectivity index (χ2n) is 5.41. The molecule has 0 fully saturated rings. The van der Waals surface area contributed by atoms with Crippen molar-refractivity contribution < 1.29 is 0 Å². The zero-order valence-corrected chi connectivity index (χ0v) is 13.1. The van der Waals surface area contributed by atoms with Crippen molar-refractivity contribution in [3.63, 3.8) is 0 Å². The SMILES string of the molecule is CCCCCCCCn1ccc2ccc(C(N)=S)cc21. The maximum absolute atomic E-state index is 5.71. The van der Waals surface area contributed by atoms with Crippen LogP contribution in [0.3, 0.4) is 0 Å². The average Bonchev–Trinajstić information content (AvgIpc) is 2.85. The van der Waals surface area contributed by atoms with Gasteiger partial charge in [0.25, 0.3) is 0 Å². The van der Waals surface area contributed by atoms with E-state index in [0.717, 1.165) is 12.1 Å². The minimum atomic E-state index is 0.471. The summed E-state index contributed by atoms with van der Waals surface area (Å²) in [6.45, 7) is 3.34. The van der Waals surface area contributed by atoms with Crippen LogP contribution in [0.4, 0.5) is 0 Å². The van der Waals surface area contributed by atoms with E-state index in [1.165, 1.54) is 49.4 Å². The fourth-order valence-corrected chi connectivity index (χ4v) is 2.72. The Balaban J connectivity index is 1.96. The summed E-state index contributed by atoms with van der Waals surface area (Å²) in [7, 11) is 0. The Morgan fingerprint density at radius 3 is 2.60 bits per heavy atom. The number of aromatic nitrogens is 1. The Hall–Kier alpha value is -1.35. The summed E-state index contributed by atoms with van der Waals surface area (Å²) < 4.78 is 2.32. The van der Waals surface area contributed by atoms with Crippen LogP contribution in [0.1, 0.15) is 51.0 Å². The van der Waals surface area contributed by atoms with Crippen molar-refractivity contribution in [3.8, 4) is 0 Å². The number of hydrogen-bond acceptors (Lipinski definition) is 1. The normalized spacial score (nSPS) is 11.1. The highest BCUT2D eigenvalue weighted by molar-refractivity contribution is 7.80. The fourth-order valence-electron chi connectivity index (χ4n) is 2.59. The van der Waals surface area contributed by atoms with E-state index in [9.17, 15) is 0 Å². The van der Waals surface area contributed by atoms with Crippen molar-refractivity contribution in [2.24, 2.45) is 5.73 Å². The van der Waals surface area contributed by atoms with E-state index in [2.05, 4.69) is 35.9 Å². The molecular weight excluding hydrogens is 264 g/mol. The molecule has 0 unspecified atom stereocenters. The molecule has 1 aromatic heterocycles. The standard InChI is InChI=1S/C17H24N2S/c1-2-3-4-5-6-7-11-19-12-10-14-8-9-15(17(18)20)13-16(14)19/h8-10,12-13H,2-7,11H2,1H3,(H2,18,20). The number of fused-ring (bicyclic) bond motifs is 1. The lowest BCUT2D eigenvalue weighted by atomic mass is 10.1. The highest BCUT2D eigenvalue weighted by Gasteiger charge is 2.03. The Morgan fingerprint density at radius 2 is 1.85 bits per heavy atom. The van der Waals surface area contributed by atoms with Gasteiger partial charge in [-0.05, 0) is 23.9 Å². The molecule has 20 heavy (non-hydrogen) atoms. The van der Waals surface area contributed by atoms with Gasteiger partial charge in [0.2, 0.25) is 0 Å². The Labute approximate surface area is 127 Å². The maximum Gasteiger partial charge on any atom is 0.104 e. The van der Waals surface area contributed by atoms with Crippen molar-refractivity contribution in [2.75, 3.05) is 0 Å². The maximum atomic E-state index is 5.71. The second kappa shape index (κ2) is 7.44. The van der Waals surface area contributed by atoms with Crippen LogP contribution < -0.4 is 5.73 Å². The van der Waals surface area contributed by atoms with Gasteiger partial charge in [-0.2, -0.15) is 0 Å². The van der Waals surface area contributed by atoms with Gasteiger partial charge in [0.15, 0.2) is 0 Å². The smallest absolute Gasteiger partial charge is 0.104 e. The summed E-state index contributed by atoms with van der Waals surface area (Å²) in [6, 6.07) is 8.37. The molecule has 2 rings (SSSR count). The van der Waals surface area contributed by atoms with E-state index in [0.29, 0.717) is 4.99 Å². The Morgan fingerprint density at radius 1 is 1.10 bits per heavy atom. The molecular formula is C17H24N2S. The van der Waals surface area contributed by atoms with Crippen LogP contribution >= 0.6 is 12.2 Å². The third-order valence-electron chi connectivity index (χ3n) is 3.81. The van der Waals surface area contributed by atoms with E-state index in [1.807, 2.05) is 6.07 Å². The van der Waals surface area contributed by atoms with Crippen LogP contribution in [-0.4, -0.2) is 9.56 Å². The second-order valence-corrected chi connectivity index (χ2v) is 5.85. The van der Waals surface area contributed by atoms with Crippen molar-refractivity contribution >= 4 is 28.1 Å². The summed E-state index contributed by atoms with van der Waals surface area (Å²) >= 11 is 5.06. The van der Waals surface area contributed by atoms with Crippen LogP contribution in [0, 0.1) is 0 Å². The number of aryl methyl sites for hydroxylation is 1. The minimum Gasteiger partial charge on any atom is -0.389 e. The van der Waals surface area contributed by atoms with Crippen LogP contribution in [-0.2, 0) is 6.54 Å². The fraction of sp³-hybridized carbons (Fsp3) is 0.471. The molecule has 0 aliphatic rings. The lowest BCUT2D eigenvalue weighted by Crippen LogP contribution is -2.09. The largest absolute Gasteiger partial charge is 0.389 e. The molecule has 0 radical (unpaired) electrons. The Bertz CT molecular complexity index is 571. The first-order valence-corrected chi connectivity index (χ1v) is 8.02. The lowest BCUT2D eigenvalue weighted by molar-refractivity contribution is 0.565. The van der Waals surface area contributed by atoms with Gasteiger partial charge in [0.05, 0.1) is 0 Å². The predicted octanol–water partition coefficient (Wildman–Crippen LogP) is 4.64. The van der Waals surface area contributed by atoms with Crippen LogP contribution in [0.25, 0.3) is 10.9 Å². The molecule has 2 nitrogen and oxygen atoms in total. The van der Waals surface area contributed by atoms with Crippen molar-refractivity contribution in [2.45, 2.75) is 52.0 Å². The molecule has 108 valence electrons. The van der Waals surface area contributed by atoms with Crippen LogP contribution in [0.5, 0.6) is 0 Å². The highest BCUT2D eigenvalue weighted by atomic mass is 32.1. The van der Waals surface area contributed by atoms with Gasteiger partial charge >= 0.3 is 0 Å². The molecule has 1 aromatic carbocycles. The highest BCUT2D eigenvalue weighted by Crippen LogP contribution is 2.19. The summed E-state index contributed by atoms with van der Waals surface area (Å²) in [4.78, 5) is 0.471. The lowest BCUT2D eigenvalue weighted by Gasteiger charge is -2.07. The number of nitrogens with zero attached hydrogens (tertiary/aromatic N) is 1. The molecule has 0 saturated heterocycles. The quantitative estimate of drug-likeness (QED) is 0.567. The molecule has 1 heterocycles. The van der Waals surface area contributed by atoms with Gasteiger partial charge in [-0.25, -0.2) is 0 Å². The Kier molecular flexibility index (Phi) is 5.60. The molecule has 3 heteroatoms. The van der Waals surface area contributed by atoms with E-state index < -0.39 is 0 Å². The average molecular weight is 288 g/mol. The molecule has 0 amide bonds. The molecule has 0 aliphatic heterocycles. The number of nitrogens with two attached hydrogens (primary N) is 1. The first kappa shape index (κ1) is 15.0. The third kappa shape index (κ3) is 3.83. The first-order valence-electron chi connectivity index (χ1n) is 7.61. The molecule has 2 aromatic rings. The molecule has 0 bridgehead atoms. The first-order chi connectivity index (χ1) is 9.72. The van der Waals surface area contributed by atoms with Gasteiger partial charge in [0, 0.05) is 23.8 Å². The monoisotopic (exact) mass is 288 g/mol. The summed E-state index contributed by atoms with van der Waals surface area (Å²) in [5, 5.41) is 1.26. The van der Waals surface area contributed by atoms with E-state index in [4.69, 9.17) is 18.0 Å². The van der Waals surface area contributed by atoms with Gasteiger partial charge in [-0.15, -0.1) is 0 Å². The number of hydrogen-bond donors (Lipinski definition) is 1. The molecule has 0 spiro atoms. The van der Waals surface area contributed by atoms with Gasteiger partial charge in [-0.3, -0.25) is 0 Å². The summed E-state index contributed by atoms with van der Waals surface area (Å²) in [5.41, 5.74) is 7.91. The van der Waals surface area contributed by atoms with Crippen LogP contribution in [0.15, 0.2) is 30.5 Å². The number of rotatable bonds is 8. The molecule has 0 atom stereocenters. The van der Waals surface area contributed by atoms with Crippen molar-refractivity contribution in [1.82, 2.24) is 4.57 Å². The predicted molar refractivity (Wildman–Crippen MR) is 91.2 cm³/mol. The van der Waals surface area contributed by atoms with Crippen LogP contribution in [0.2, 0.25) is 0 Å². The number of thiocarbonyl (C=S) groups is 1. The minimum absolute atomic E-state index is 0.471. The van der Waals surface area contributed by atoms with Gasteiger partial charge in [-0.1, -0.05) is 63.4 Å². The third-order valence-corrected chi connectivity index (χ3v) is 4.05.